The van der Waals surface area contributed by atoms with Crippen molar-refractivity contribution in [3.63, 3.8) is 0 Å². The fourth-order valence-corrected chi connectivity index (χ4v) is 2.24. The number of fused-ring (bicyclic) bond motifs is 1. The predicted molar refractivity (Wildman–Crippen MR) is 60.5 cm³/mol. The summed E-state index contributed by atoms with van der Waals surface area (Å²) >= 11 is 0. The Balaban J connectivity index is 2.17. The molecule has 3 nitrogen and oxygen atoms in total. The topological polar surface area (TPSA) is 35.5 Å². The molecule has 0 heterocycles. The maximum absolute atomic E-state index is 11.7. The molecule has 16 heavy (non-hydrogen) atoms. The zero-order valence-corrected chi connectivity index (χ0v) is 9.66. The minimum Gasteiger partial charge on any atom is -0.496 e. The van der Waals surface area contributed by atoms with Crippen LogP contribution in [0.5, 0.6) is 5.75 Å². The quantitative estimate of drug-likeness (QED) is 0.731. The van der Waals surface area contributed by atoms with Crippen molar-refractivity contribution in [3.05, 3.63) is 29.3 Å². The van der Waals surface area contributed by atoms with Crippen molar-refractivity contribution in [2.75, 3.05) is 13.7 Å². The fourth-order valence-electron chi connectivity index (χ4n) is 2.24. The van der Waals surface area contributed by atoms with E-state index in [0.717, 1.165) is 24.2 Å². The van der Waals surface area contributed by atoms with Gasteiger partial charge in [-0.25, -0.2) is 0 Å². The van der Waals surface area contributed by atoms with Crippen LogP contribution in [0.25, 0.3) is 0 Å². The molecule has 1 aromatic rings. The lowest BCUT2D eigenvalue weighted by Gasteiger charge is -2.07. The fraction of sp³-hybridized carbons (Fsp3) is 0.462. The molecule has 0 aliphatic heterocycles. The predicted octanol–water partition coefficient (Wildman–Crippen LogP) is 1.97. The number of carbonyl (C=O) groups is 1. The van der Waals surface area contributed by atoms with Crippen LogP contribution in [-0.4, -0.2) is 19.7 Å². The van der Waals surface area contributed by atoms with E-state index >= 15 is 0 Å². The molecule has 0 radical (unpaired) electrons. The van der Waals surface area contributed by atoms with E-state index in [2.05, 4.69) is 6.07 Å². The number of hydrogen-bond acceptors (Lipinski definition) is 3. The molecule has 0 bridgehead atoms. The van der Waals surface area contributed by atoms with Gasteiger partial charge in [-0.05, 0) is 37.0 Å². The number of rotatable bonds is 3. The Kier molecular flexibility index (Phi) is 3.13. The molecule has 2 rings (SSSR count). The number of carbonyl (C=O) groups excluding carboxylic acids is 1. The second kappa shape index (κ2) is 4.56. The minimum absolute atomic E-state index is 0.0359. The summed E-state index contributed by atoms with van der Waals surface area (Å²) in [6.45, 7) is 2.28. The Morgan fingerprint density at radius 2 is 2.25 bits per heavy atom. The largest absolute Gasteiger partial charge is 0.496 e. The zero-order chi connectivity index (χ0) is 11.5. The van der Waals surface area contributed by atoms with Crippen LogP contribution in [0.2, 0.25) is 0 Å². The molecular weight excluding hydrogens is 204 g/mol. The van der Waals surface area contributed by atoms with E-state index in [4.69, 9.17) is 9.47 Å². The van der Waals surface area contributed by atoms with Crippen LogP contribution < -0.4 is 4.74 Å². The number of methoxy groups -OCH3 is 1. The normalized spacial score (nSPS) is 18.0. The molecule has 0 spiro atoms. The van der Waals surface area contributed by atoms with Crippen LogP contribution in [0.15, 0.2) is 18.2 Å². The third-order valence-corrected chi connectivity index (χ3v) is 2.99. The first-order valence-electron chi connectivity index (χ1n) is 5.57. The van der Waals surface area contributed by atoms with Crippen LogP contribution in [0.3, 0.4) is 0 Å². The molecule has 0 fully saturated rings. The maximum Gasteiger partial charge on any atom is 0.309 e. The summed E-state index contributed by atoms with van der Waals surface area (Å²) in [7, 11) is 1.66. The molecule has 86 valence electrons. The van der Waals surface area contributed by atoms with Gasteiger partial charge in [0.05, 0.1) is 19.6 Å². The first-order valence-corrected chi connectivity index (χ1v) is 5.57. The Morgan fingerprint density at radius 3 is 2.94 bits per heavy atom. The highest BCUT2D eigenvalue weighted by Crippen LogP contribution is 2.34. The van der Waals surface area contributed by atoms with Crippen molar-refractivity contribution in [3.8, 4) is 5.75 Å². The molecule has 0 amide bonds. The van der Waals surface area contributed by atoms with Gasteiger partial charge in [0.2, 0.25) is 0 Å². The van der Waals surface area contributed by atoms with Gasteiger partial charge in [0.1, 0.15) is 5.75 Å². The Hall–Kier alpha value is -1.51. The Labute approximate surface area is 95.4 Å². The third kappa shape index (κ3) is 1.90. The van der Waals surface area contributed by atoms with Crippen molar-refractivity contribution in [2.24, 2.45) is 5.92 Å². The highest BCUT2D eigenvalue weighted by Gasteiger charge is 2.30. The first-order chi connectivity index (χ1) is 7.76. The van der Waals surface area contributed by atoms with Gasteiger partial charge < -0.3 is 9.47 Å². The second-order valence-corrected chi connectivity index (χ2v) is 3.96. The summed E-state index contributed by atoms with van der Waals surface area (Å²) < 4.78 is 10.3. The Morgan fingerprint density at radius 1 is 1.44 bits per heavy atom. The summed E-state index contributed by atoms with van der Waals surface area (Å²) in [4.78, 5) is 11.7. The molecule has 0 unspecified atom stereocenters. The van der Waals surface area contributed by atoms with E-state index in [1.54, 1.807) is 7.11 Å². The lowest BCUT2D eigenvalue weighted by atomic mass is 10.1. The monoisotopic (exact) mass is 220 g/mol. The van der Waals surface area contributed by atoms with E-state index in [-0.39, 0.29) is 11.9 Å². The maximum atomic E-state index is 11.7. The van der Waals surface area contributed by atoms with Crippen molar-refractivity contribution in [2.45, 2.75) is 19.8 Å². The van der Waals surface area contributed by atoms with E-state index < -0.39 is 0 Å². The number of ether oxygens (including phenoxy) is 2. The smallest absolute Gasteiger partial charge is 0.309 e. The lowest BCUT2D eigenvalue weighted by molar-refractivity contribution is -0.147. The second-order valence-electron chi connectivity index (χ2n) is 3.96. The average molecular weight is 220 g/mol. The highest BCUT2D eigenvalue weighted by atomic mass is 16.5. The Bertz CT molecular complexity index is 398. The average Bonchev–Trinajstić information content (AvgIpc) is 2.72. The standard InChI is InChI=1S/C13H16O3/c1-3-16-13(14)10-7-9-5-4-6-12(15-2)11(9)8-10/h4-6,10H,3,7-8H2,1-2H3/t10-/m1/s1. The molecular formula is C13H16O3. The summed E-state index contributed by atoms with van der Waals surface area (Å²) in [6.07, 6.45) is 1.50. The summed E-state index contributed by atoms with van der Waals surface area (Å²) in [5, 5.41) is 0. The highest BCUT2D eigenvalue weighted by molar-refractivity contribution is 5.75. The van der Waals surface area contributed by atoms with E-state index in [1.165, 1.54) is 5.56 Å². The van der Waals surface area contributed by atoms with Gasteiger partial charge in [0, 0.05) is 0 Å². The number of hydrogen-bond donors (Lipinski definition) is 0. The van der Waals surface area contributed by atoms with Crippen LogP contribution in [0, 0.1) is 5.92 Å². The molecule has 0 saturated heterocycles. The van der Waals surface area contributed by atoms with Crippen molar-refractivity contribution in [1.29, 1.82) is 0 Å². The molecule has 1 aliphatic carbocycles. The van der Waals surface area contributed by atoms with Crippen LogP contribution in [0.1, 0.15) is 18.1 Å². The molecule has 0 saturated carbocycles. The van der Waals surface area contributed by atoms with Crippen LogP contribution in [0.4, 0.5) is 0 Å². The van der Waals surface area contributed by atoms with Gasteiger partial charge in [-0.2, -0.15) is 0 Å². The summed E-state index contributed by atoms with van der Waals surface area (Å²) in [5.41, 5.74) is 2.36. The molecule has 3 heteroatoms. The zero-order valence-electron chi connectivity index (χ0n) is 9.66. The van der Waals surface area contributed by atoms with E-state index in [0.29, 0.717) is 6.61 Å². The third-order valence-electron chi connectivity index (χ3n) is 2.99. The molecule has 1 atom stereocenters. The number of benzene rings is 1. The van der Waals surface area contributed by atoms with Crippen molar-refractivity contribution in [1.82, 2.24) is 0 Å². The first kappa shape index (κ1) is 11.0. The SMILES string of the molecule is CCOC(=O)[C@@H]1Cc2cccc(OC)c2C1. The lowest BCUT2D eigenvalue weighted by Crippen LogP contribution is -2.17. The molecule has 1 aromatic carbocycles. The van der Waals surface area contributed by atoms with Gasteiger partial charge in [-0.3, -0.25) is 4.79 Å². The number of esters is 1. The van der Waals surface area contributed by atoms with Gasteiger partial charge in [0.15, 0.2) is 0 Å². The molecule has 0 aromatic heterocycles. The van der Waals surface area contributed by atoms with Gasteiger partial charge in [-0.15, -0.1) is 0 Å². The van der Waals surface area contributed by atoms with E-state index in [1.807, 2.05) is 19.1 Å². The van der Waals surface area contributed by atoms with Crippen LogP contribution >= 0.6 is 0 Å². The van der Waals surface area contributed by atoms with Gasteiger partial charge >= 0.3 is 5.97 Å². The van der Waals surface area contributed by atoms with Crippen LogP contribution in [-0.2, 0) is 22.4 Å². The minimum atomic E-state index is -0.0965. The summed E-state index contributed by atoms with van der Waals surface area (Å²) in [5.74, 6) is 0.747. The molecule has 0 N–H and O–H groups in total. The van der Waals surface area contributed by atoms with E-state index in [9.17, 15) is 4.79 Å². The summed E-state index contributed by atoms with van der Waals surface area (Å²) in [6, 6.07) is 5.95. The molecule has 1 aliphatic rings. The van der Waals surface area contributed by atoms with Crippen molar-refractivity contribution >= 4 is 5.97 Å². The van der Waals surface area contributed by atoms with Crippen molar-refractivity contribution < 1.29 is 14.3 Å². The van der Waals surface area contributed by atoms with Gasteiger partial charge in [-0.1, -0.05) is 12.1 Å². The van der Waals surface area contributed by atoms with Gasteiger partial charge in [0.25, 0.3) is 0 Å².